The number of thiophene rings is 1. The number of benzene rings is 1. The lowest BCUT2D eigenvalue weighted by atomic mass is 10.0. The molecule has 0 radical (unpaired) electrons. The van der Waals surface area contributed by atoms with E-state index in [1.807, 2.05) is 35.7 Å². The minimum absolute atomic E-state index is 0.122. The van der Waals surface area contributed by atoms with E-state index in [1.54, 1.807) is 43.9 Å². The fourth-order valence-corrected chi connectivity index (χ4v) is 4.96. The van der Waals surface area contributed by atoms with Gasteiger partial charge in [0, 0.05) is 12.6 Å². The van der Waals surface area contributed by atoms with Crippen LogP contribution in [0.3, 0.4) is 0 Å². The maximum Gasteiger partial charge on any atom is 0.253 e. The Morgan fingerprint density at radius 1 is 1.25 bits per heavy atom. The first-order chi connectivity index (χ1) is 15.6. The summed E-state index contributed by atoms with van der Waals surface area (Å²) in [7, 11) is 3.17. The zero-order valence-electron chi connectivity index (χ0n) is 17.5. The third kappa shape index (κ3) is 4.47. The third-order valence-electron chi connectivity index (χ3n) is 4.99. The van der Waals surface area contributed by atoms with Crippen LogP contribution in [0.25, 0.3) is 0 Å². The molecule has 1 aliphatic rings. The van der Waals surface area contributed by atoms with Gasteiger partial charge in [0.1, 0.15) is 11.1 Å². The molecule has 0 fully saturated rings. The molecule has 0 bridgehead atoms. The fraction of sp³-hybridized carbons (Fsp3) is 0.217. The molecule has 0 unspecified atom stereocenters. The van der Waals surface area contributed by atoms with Crippen LogP contribution >= 0.6 is 23.1 Å². The topological polar surface area (TPSA) is 87.8 Å². The van der Waals surface area contributed by atoms with Crippen LogP contribution in [0.15, 0.2) is 64.2 Å². The summed E-state index contributed by atoms with van der Waals surface area (Å²) >= 11 is 2.84. The molecule has 162 valence electrons. The first kappa shape index (κ1) is 21.9. The first-order valence-electron chi connectivity index (χ1n) is 9.78. The average Bonchev–Trinajstić information content (AvgIpc) is 3.52. The largest absolute Gasteiger partial charge is 0.493 e. The van der Waals surface area contributed by atoms with Gasteiger partial charge in [0.05, 0.1) is 42.2 Å². The maximum absolute atomic E-state index is 13.2. The van der Waals surface area contributed by atoms with Gasteiger partial charge in [0.15, 0.2) is 11.5 Å². The van der Waals surface area contributed by atoms with Crippen molar-refractivity contribution in [3.8, 4) is 17.6 Å². The highest BCUT2D eigenvalue weighted by Crippen LogP contribution is 2.38. The lowest BCUT2D eigenvalue weighted by Gasteiger charge is -2.23. The molecular weight excluding hydrogens is 444 g/mol. The summed E-state index contributed by atoms with van der Waals surface area (Å²) in [4.78, 5) is 18.5. The average molecular weight is 465 g/mol. The van der Waals surface area contributed by atoms with Crippen molar-refractivity contribution >= 4 is 34.7 Å². The lowest BCUT2D eigenvalue weighted by molar-refractivity contribution is -0.130. The van der Waals surface area contributed by atoms with Crippen LogP contribution in [-0.2, 0) is 4.79 Å². The highest BCUT2D eigenvalue weighted by molar-refractivity contribution is 7.99. The number of nitriles is 1. The molecule has 9 heteroatoms. The molecule has 1 amide bonds. The monoisotopic (exact) mass is 464 g/mol. The molecular formula is C23H20N4O3S2. The second-order valence-electron chi connectivity index (χ2n) is 6.85. The van der Waals surface area contributed by atoms with E-state index in [0.29, 0.717) is 28.5 Å². The first-order valence-corrected chi connectivity index (χ1v) is 11.6. The van der Waals surface area contributed by atoms with E-state index in [2.05, 4.69) is 16.2 Å². The van der Waals surface area contributed by atoms with Gasteiger partial charge < -0.3 is 9.47 Å². The summed E-state index contributed by atoms with van der Waals surface area (Å²) in [6.45, 7) is 0. The van der Waals surface area contributed by atoms with Crippen LogP contribution in [0, 0.1) is 11.3 Å². The third-order valence-corrected chi connectivity index (χ3v) is 6.90. The summed E-state index contributed by atoms with van der Waals surface area (Å²) in [6, 6.07) is 14.9. The smallest absolute Gasteiger partial charge is 0.253 e. The van der Waals surface area contributed by atoms with Gasteiger partial charge in [0.25, 0.3) is 5.91 Å². The molecule has 0 saturated carbocycles. The van der Waals surface area contributed by atoms with E-state index >= 15 is 0 Å². The van der Waals surface area contributed by atoms with Crippen molar-refractivity contribution in [3.63, 3.8) is 0 Å². The SMILES string of the molecule is COc1ccc([C@H]2CC(c3cccs3)=NN2C(=O)CSc2ncccc2C#N)cc1OC. The summed E-state index contributed by atoms with van der Waals surface area (Å²) in [5.41, 5.74) is 2.23. The molecule has 1 aliphatic heterocycles. The second kappa shape index (κ2) is 9.85. The van der Waals surface area contributed by atoms with E-state index in [9.17, 15) is 10.1 Å². The number of hydrogen-bond acceptors (Lipinski definition) is 8. The van der Waals surface area contributed by atoms with Gasteiger partial charge in [-0.25, -0.2) is 9.99 Å². The van der Waals surface area contributed by atoms with Crippen LogP contribution in [0.4, 0.5) is 0 Å². The van der Waals surface area contributed by atoms with E-state index < -0.39 is 0 Å². The molecule has 7 nitrogen and oxygen atoms in total. The van der Waals surface area contributed by atoms with Gasteiger partial charge in [0.2, 0.25) is 0 Å². The number of ether oxygens (including phenoxy) is 2. The number of carbonyl (C=O) groups is 1. The number of rotatable bonds is 7. The number of thioether (sulfide) groups is 1. The normalized spacial score (nSPS) is 15.2. The Labute approximate surface area is 194 Å². The molecule has 0 N–H and O–H groups in total. The second-order valence-corrected chi connectivity index (χ2v) is 8.76. The molecule has 1 atom stereocenters. The fourth-order valence-electron chi connectivity index (χ4n) is 3.44. The lowest BCUT2D eigenvalue weighted by Crippen LogP contribution is -2.28. The van der Waals surface area contributed by atoms with Gasteiger partial charge in [-0.2, -0.15) is 10.4 Å². The van der Waals surface area contributed by atoms with Crippen molar-refractivity contribution < 1.29 is 14.3 Å². The zero-order chi connectivity index (χ0) is 22.5. The number of pyridine rings is 1. The summed E-state index contributed by atoms with van der Waals surface area (Å²) in [5, 5.41) is 18.0. The summed E-state index contributed by atoms with van der Waals surface area (Å²) in [5.74, 6) is 1.19. The molecule has 3 heterocycles. The minimum atomic E-state index is -0.265. The van der Waals surface area contributed by atoms with Crippen molar-refractivity contribution in [1.82, 2.24) is 9.99 Å². The highest BCUT2D eigenvalue weighted by Gasteiger charge is 2.34. The zero-order valence-corrected chi connectivity index (χ0v) is 19.2. The van der Waals surface area contributed by atoms with Crippen molar-refractivity contribution in [2.45, 2.75) is 17.5 Å². The van der Waals surface area contributed by atoms with Crippen molar-refractivity contribution in [3.05, 3.63) is 70.0 Å². The van der Waals surface area contributed by atoms with Gasteiger partial charge in [-0.05, 0) is 41.3 Å². The predicted molar refractivity (Wildman–Crippen MR) is 124 cm³/mol. The number of hydrogen-bond donors (Lipinski definition) is 0. The summed E-state index contributed by atoms with van der Waals surface area (Å²) in [6.07, 6.45) is 2.21. The van der Waals surface area contributed by atoms with E-state index in [1.165, 1.54) is 16.8 Å². The molecule has 3 aromatic rings. The van der Waals surface area contributed by atoms with Crippen LogP contribution in [0.1, 0.15) is 28.5 Å². The van der Waals surface area contributed by atoms with Gasteiger partial charge in [-0.1, -0.05) is 23.9 Å². The molecule has 0 aliphatic carbocycles. The number of methoxy groups -OCH3 is 2. The molecule has 4 rings (SSSR count). The van der Waals surface area contributed by atoms with Crippen molar-refractivity contribution in [2.24, 2.45) is 5.10 Å². The Balaban J connectivity index is 1.61. The standard InChI is InChI=1S/C23H20N4O3S2/c1-29-19-8-7-15(11-20(19)30-2)18-12-17(21-6-4-10-31-21)26-27(18)22(28)14-32-23-16(13-24)5-3-9-25-23/h3-11,18H,12,14H2,1-2H3/t18-/m1/s1. The van der Waals surface area contributed by atoms with Gasteiger partial charge >= 0.3 is 0 Å². The quantitative estimate of drug-likeness (QED) is 0.479. The molecule has 1 aromatic carbocycles. The Hall–Kier alpha value is -3.35. The van der Waals surface area contributed by atoms with Gasteiger partial charge in [-0.3, -0.25) is 4.79 Å². The minimum Gasteiger partial charge on any atom is -0.493 e. The van der Waals surface area contributed by atoms with Crippen molar-refractivity contribution in [1.29, 1.82) is 5.26 Å². The highest BCUT2D eigenvalue weighted by atomic mass is 32.2. The molecule has 2 aromatic heterocycles. The Morgan fingerprint density at radius 3 is 2.81 bits per heavy atom. The van der Waals surface area contributed by atoms with Crippen molar-refractivity contribution in [2.75, 3.05) is 20.0 Å². The number of hydrazone groups is 1. The van der Waals surface area contributed by atoms with Crippen LogP contribution in [0.2, 0.25) is 0 Å². The Morgan fingerprint density at radius 2 is 2.09 bits per heavy atom. The van der Waals surface area contributed by atoms with Crippen LogP contribution < -0.4 is 9.47 Å². The number of carbonyl (C=O) groups excluding carboxylic acids is 1. The molecule has 0 spiro atoms. The maximum atomic E-state index is 13.2. The van der Waals surface area contributed by atoms with Crippen LogP contribution in [0.5, 0.6) is 11.5 Å². The Bertz CT molecular complexity index is 1190. The summed E-state index contributed by atoms with van der Waals surface area (Å²) < 4.78 is 10.8. The molecule has 32 heavy (non-hydrogen) atoms. The Kier molecular flexibility index (Phi) is 6.73. The van der Waals surface area contributed by atoms with E-state index in [4.69, 9.17) is 9.47 Å². The van der Waals surface area contributed by atoms with E-state index in [0.717, 1.165) is 16.2 Å². The number of nitrogens with zero attached hydrogens (tertiary/aromatic N) is 4. The van der Waals surface area contributed by atoms with Gasteiger partial charge in [-0.15, -0.1) is 11.3 Å². The van der Waals surface area contributed by atoms with Crippen LogP contribution in [-0.4, -0.2) is 41.6 Å². The molecule has 0 saturated heterocycles. The predicted octanol–water partition coefficient (Wildman–Crippen LogP) is 4.50. The number of aromatic nitrogens is 1. The number of amides is 1. The van der Waals surface area contributed by atoms with E-state index in [-0.39, 0.29) is 17.7 Å².